The average molecular weight is 324 g/mol. The highest BCUT2D eigenvalue weighted by Gasteiger charge is 2.23. The number of hydrogen-bond acceptors (Lipinski definition) is 5. The molecule has 0 aliphatic carbocycles. The highest BCUT2D eigenvalue weighted by atomic mass is 32.1. The molecule has 0 bridgehead atoms. The zero-order valence-electron chi connectivity index (χ0n) is 12.5. The number of likely N-dealkylation sites (tertiary alicyclic amines) is 1. The minimum absolute atomic E-state index is 0.176. The number of amides is 2. The van der Waals surface area contributed by atoms with Gasteiger partial charge in [-0.15, -0.1) is 11.3 Å². The molecule has 1 fully saturated rings. The summed E-state index contributed by atoms with van der Waals surface area (Å²) in [5.41, 5.74) is 0. The highest BCUT2D eigenvalue weighted by molar-refractivity contribution is 7.12. The Labute approximate surface area is 133 Å². The molecule has 7 heteroatoms. The van der Waals surface area contributed by atoms with E-state index in [0.717, 1.165) is 19.3 Å². The number of thiophene rings is 1. The van der Waals surface area contributed by atoms with Crippen LogP contribution in [-0.2, 0) is 14.3 Å². The molecule has 0 spiro atoms. The number of carbonyl (C=O) groups excluding carboxylic acids is 3. The van der Waals surface area contributed by atoms with Crippen LogP contribution in [0.3, 0.4) is 0 Å². The third-order valence-corrected chi connectivity index (χ3v) is 4.49. The number of carbonyl (C=O) groups is 3. The smallest absolute Gasteiger partial charge is 0.325 e. The molecule has 0 radical (unpaired) electrons. The van der Waals surface area contributed by atoms with E-state index in [4.69, 9.17) is 4.74 Å². The molecule has 0 saturated carbocycles. The number of rotatable bonds is 5. The molecule has 1 aliphatic heterocycles. The first-order chi connectivity index (χ1) is 10.6. The molecule has 120 valence electrons. The lowest BCUT2D eigenvalue weighted by atomic mass is 10.0. The van der Waals surface area contributed by atoms with Crippen LogP contribution in [0.4, 0.5) is 0 Å². The fourth-order valence-corrected chi connectivity index (χ4v) is 3.03. The lowest BCUT2D eigenvalue weighted by Crippen LogP contribution is -2.44. The maximum atomic E-state index is 12.0. The SMILES string of the molecule is C[C@H]1CCCCN1C(=O)COC(=O)CNC(=O)c1cccs1. The lowest BCUT2D eigenvalue weighted by Gasteiger charge is -2.33. The van der Waals surface area contributed by atoms with Gasteiger partial charge in [0, 0.05) is 12.6 Å². The molecule has 1 saturated heterocycles. The molecule has 2 amide bonds. The zero-order valence-corrected chi connectivity index (χ0v) is 13.4. The van der Waals surface area contributed by atoms with Crippen LogP contribution >= 0.6 is 11.3 Å². The first kappa shape index (κ1) is 16.5. The van der Waals surface area contributed by atoms with Crippen LogP contribution in [0, 0.1) is 0 Å². The molecule has 1 aromatic heterocycles. The van der Waals surface area contributed by atoms with Gasteiger partial charge in [-0.3, -0.25) is 14.4 Å². The third kappa shape index (κ3) is 4.56. The minimum Gasteiger partial charge on any atom is -0.454 e. The van der Waals surface area contributed by atoms with Crippen LogP contribution in [0.25, 0.3) is 0 Å². The van der Waals surface area contributed by atoms with E-state index in [-0.39, 0.29) is 31.0 Å². The second-order valence-corrected chi connectivity index (χ2v) is 6.20. The van der Waals surface area contributed by atoms with Crippen molar-refractivity contribution in [3.8, 4) is 0 Å². The first-order valence-corrected chi connectivity index (χ1v) is 8.22. The molecule has 22 heavy (non-hydrogen) atoms. The summed E-state index contributed by atoms with van der Waals surface area (Å²) in [4.78, 5) is 37.5. The Hall–Kier alpha value is -1.89. The van der Waals surface area contributed by atoms with E-state index in [1.54, 1.807) is 22.4 Å². The normalized spacial score (nSPS) is 17.9. The lowest BCUT2D eigenvalue weighted by molar-refractivity contribution is -0.152. The molecule has 2 heterocycles. The van der Waals surface area contributed by atoms with Gasteiger partial charge in [0.25, 0.3) is 11.8 Å². The van der Waals surface area contributed by atoms with Crippen LogP contribution in [0.2, 0.25) is 0 Å². The highest BCUT2D eigenvalue weighted by Crippen LogP contribution is 2.16. The minimum atomic E-state index is -0.608. The second kappa shape index (κ2) is 7.93. The number of esters is 1. The molecule has 6 nitrogen and oxygen atoms in total. The molecule has 0 aromatic carbocycles. The number of nitrogens with one attached hydrogen (secondary N) is 1. The monoisotopic (exact) mass is 324 g/mol. The molecule has 2 rings (SSSR count). The Morgan fingerprint density at radius 3 is 2.91 bits per heavy atom. The average Bonchev–Trinajstić information content (AvgIpc) is 3.05. The van der Waals surface area contributed by atoms with Gasteiger partial charge in [-0.25, -0.2) is 0 Å². The van der Waals surface area contributed by atoms with Crippen LogP contribution in [-0.4, -0.2) is 48.4 Å². The van der Waals surface area contributed by atoms with Crippen molar-refractivity contribution in [1.29, 1.82) is 0 Å². The maximum Gasteiger partial charge on any atom is 0.325 e. The Morgan fingerprint density at radius 1 is 1.41 bits per heavy atom. The summed E-state index contributed by atoms with van der Waals surface area (Å²) in [6, 6.07) is 3.63. The van der Waals surface area contributed by atoms with Crippen molar-refractivity contribution >= 4 is 29.1 Å². The van der Waals surface area contributed by atoms with Gasteiger partial charge in [0.1, 0.15) is 6.54 Å². The maximum absolute atomic E-state index is 12.0. The van der Waals surface area contributed by atoms with Crippen LogP contribution in [0.5, 0.6) is 0 Å². The number of hydrogen-bond donors (Lipinski definition) is 1. The fourth-order valence-electron chi connectivity index (χ4n) is 2.39. The first-order valence-electron chi connectivity index (χ1n) is 7.34. The van der Waals surface area contributed by atoms with Gasteiger partial charge in [-0.1, -0.05) is 6.07 Å². The van der Waals surface area contributed by atoms with E-state index in [1.165, 1.54) is 11.3 Å². The summed E-state index contributed by atoms with van der Waals surface area (Å²) >= 11 is 1.30. The molecular formula is C15H20N2O4S. The third-order valence-electron chi connectivity index (χ3n) is 3.62. The number of nitrogens with zero attached hydrogens (tertiary/aromatic N) is 1. The van der Waals surface area contributed by atoms with Crippen molar-refractivity contribution in [2.45, 2.75) is 32.2 Å². The van der Waals surface area contributed by atoms with Crippen LogP contribution < -0.4 is 5.32 Å². The van der Waals surface area contributed by atoms with Gasteiger partial charge >= 0.3 is 5.97 Å². The standard InChI is InChI=1S/C15H20N2O4S/c1-11-5-2-3-7-17(11)13(18)10-21-14(19)9-16-15(20)12-6-4-8-22-12/h4,6,8,11H,2-3,5,7,9-10H2,1H3,(H,16,20)/t11-/m0/s1. The Balaban J connectivity index is 1.69. The summed E-state index contributed by atoms with van der Waals surface area (Å²) in [7, 11) is 0. The molecule has 1 atom stereocenters. The van der Waals surface area contributed by atoms with E-state index in [2.05, 4.69) is 5.32 Å². The predicted octanol–water partition coefficient (Wildman–Crippen LogP) is 1.42. The topological polar surface area (TPSA) is 75.7 Å². The fraction of sp³-hybridized carbons (Fsp3) is 0.533. The molecule has 1 N–H and O–H groups in total. The van der Waals surface area contributed by atoms with Gasteiger partial charge in [0.2, 0.25) is 0 Å². The number of piperidine rings is 1. The molecule has 1 aromatic rings. The van der Waals surface area contributed by atoms with E-state index in [0.29, 0.717) is 11.4 Å². The summed E-state index contributed by atoms with van der Waals surface area (Å²) in [5.74, 6) is -1.10. The number of ether oxygens (including phenoxy) is 1. The van der Waals surface area contributed by atoms with Gasteiger partial charge in [-0.05, 0) is 37.6 Å². The van der Waals surface area contributed by atoms with Crippen molar-refractivity contribution in [3.63, 3.8) is 0 Å². The summed E-state index contributed by atoms with van der Waals surface area (Å²) in [5, 5.41) is 4.25. The van der Waals surface area contributed by atoms with E-state index in [9.17, 15) is 14.4 Å². The Morgan fingerprint density at radius 2 is 2.23 bits per heavy atom. The second-order valence-electron chi connectivity index (χ2n) is 5.25. The van der Waals surface area contributed by atoms with Crippen LogP contribution in [0.1, 0.15) is 35.9 Å². The predicted molar refractivity (Wildman–Crippen MR) is 82.6 cm³/mol. The van der Waals surface area contributed by atoms with Gasteiger partial charge in [0.05, 0.1) is 4.88 Å². The van der Waals surface area contributed by atoms with Crippen molar-refractivity contribution in [3.05, 3.63) is 22.4 Å². The van der Waals surface area contributed by atoms with Gasteiger partial charge < -0.3 is 15.0 Å². The molecule has 0 unspecified atom stereocenters. The van der Waals surface area contributed by atoms with E-state index >= 15 is 0 Å². The molecule has 1 aliphatic rings. The zero-order chi connectivity index (χ0) is 15.9. The van der Waals surface area contributed by atoms with Crippen molar-refractivity contribution < 1.29 is 19.1 Å². The van der Waals surface area contributed by atoms with Crippen molar-refractivity contribution in [1.82, 2.24) is 10.2 Å². The van der Waals surface area contributed by atoms with E-state index < -0.39 is 5.97 Å². The Kier molecular flexibility index (Phi) is 5.94. The molecular weight excluding hydrogens is 304 g/mol. The van der Waals surface area contributed by atoms with E-state index in [1.807, 2.05) is 6.92 Å². The van der Waals surface area contributed by atoms with Crippen molar-refractivity contribution in [2.24, 2.45) is 0 Å². The summed E-state index contributed by atoms with van der Waals surface area (Å²) in [6.07, 6.45) is 3.09. The largest absolute Gasteiger partial charge is 0.454 e. The summed E-state index contributed by atoms with van der Waals surface area (Å²) in [6.45, 7) is 2.21. The van der Waals surface area contributed by atoms with Gasteiger partial charge in [0.15, 0.2) is 6.61 Å². The Bertz CT molecular complexity index is 530. The van der Waals surface area contributed by atoms with Gasteiger partial charge in [-0.2, -0.15) is 0 Å². The quantitative estimate of drug-likeness (QED) is 0.831. The van der Waals surface area contributed by atoms with Crippen LogP contribution in [0.15, 0.2) is 17.5 Å². The van der Waals surface area contributed by atoms with Crippen molar-refractivity contribution in [2.75, 3.05) is 19.7 Å². The summed E-state index contributed by atoms with van der Waals surface area (Å²) < 4.78 is 4.93.